The van der Waals surface area contributed by atoms with Gasteiger partial charge in [0, 0.05) is 17.7 Å². The van der Waals surface area contributed by atoms with E-state index < -0.39 is 11.8 Å². The van der Waals surface area contributed by atoms with Crippen LogP contribution >= 0.6 is 0 Å². The van der Waals surface area contributed by atoms with Crippen LogP contribution < -0.4 is 16.1 Å². The van der Waals surface area contributed by atoms with Gasteiger partial charge in [-0.05, 0) is 37.1 Å². The number of anilines is 1. The first-order valence-electron chi connectivity index (χ1n) is 10.0. The molecule has 2 aromatic carbocycles. The number of benzene rings is 2. The Kier molecular flexibility index (Phi) is 7.21. The van der Waals surface area contributed by atoms with Gasteiger partial charge < -0.3 is 20.8 Å². The highest BCUT2D eigenvalue weighted by molar-refractivity contribution is 6.40. The molecule has 3 rings (SSSR count). The van der Waals surface area contributed by atoms with E-state index in [0.717, 1.165) is 38.0 Å². The normalized spacial score (nSPS) is 14.2. The lowest BCUT2D eigenvalue weighted by atomic mass is 9.95. The molecule has 9 nitrogen and oxygen atoms in total. The molecule has 1 fully saturated rings. The van der Waals surface area contributed by atoms with Gasteiger partial charge in [-0.3, -0.25) is 14.4 Å². The number of phenolic OH excluding ortho intramolecular Hbond substituents is 2. The third kappa shape index (κ3) is 6.05. The van der Waals surface area contributed by atoms with Crippen molar-refractivity contribution < 1.29 is 24.6 Å². The van der Waals surface area contributed by atoms with E-state index in [1.165, 1.54) is 18.6 Å². The average molecular weight is 424 g/mol. The van der Waals surface area contributed by atoms with Crippen LogP contribution in [0.25, 0.3) is 0 Å². The molecule has 9 heteroatoms. The molecule has 1 aliphatic carbocycles. The van der Waals surface area contributed by atoms with Crippen LogP contribution in [0.15, 0.2) is 47.6 Å². The van der Waals surface area contributed by atoms with E-state index in [2.05, 4.69) is 21.2 Å². The molecule has 1 aliphatic rings. The van der Waals surface area contributed by atoms with Crippen molar-refractivity contribution >= 4 is 29.6 Å². The number of phenols is 2. The van der Waals surface area contributed by atoms with Crippen molar-refractivity contribution in [3.05, 3.63) is 53.6 Å². The molecule has 0 aromatic heterocycles. The van der Waals surface area contributed by atoms with E-state index in [1.54, 1.807) is 24.3 Å². The van der Waals surface area contributed by atoms with E-state index in [-0.39, 0.29) is 40.3 Å². The number of amides is 3. The zero-order valence-corrected chi connectivity index (χ0v) is 16.8. The van der Waals surface area contributed by atoms with Gasteiger partial charge >= 0.3 is 11.8 Å². The highest BCUT2D eigenvalue weighted by Gasteiger charge is 2.20. The molecule has 0 bridgehead atoms. The summed E-state index contributed by atoms with van der Waals surface area (Å²) in [6, 6.07) is 10.4. The summed E-state index contributed by atoms with van der Waals surface area (Å²) in [6.45, 7) is 0. The molecule has 0 radical (unpaired) electrons. The first-order chi connectivity index (χ1) is 14.9. The number of nitrogens with one attached hydrogen (secondary N) is 3. The number of carbonyl (C=O) groups excluding carboxylic acids is 3. The minimum atomic E-state index is -1.04. The van der Waals surface area contributed by atoms with Gasteiger partial charge in [-0.25, -0.2) is 5.43 Å². The van der Waals surface area contributed by atoms with Gasteiger partial charge in [-0.1, -0.05) is 31.4 Å². The molecule has 31 heavy (non-hydrogen) atoms. The topological polar surface area (TPSA) is 140 Å². The maximum atomic E-state index is 12.6. The van der Waals surface area contributed by atoms with Gasteiger partial charge in [-0.2, -0.15) is 5.10 Å². The lowest BCUT2D eigenvalue weighted by Gasteiger charge is -2.23. The highest BCUT2D eigenvalue weighted by atomic mass is 16.3. The second-order valence-electron chi connectivity index (χ2n) is 7.25. The molecule has 3 amide bonds. The number of carbonyl (C=O) groups is 3. The van der Waals surface area contributed by atoms with E-state index in [1.807, 2.05) is 0 Å². The monoisotopic (exact) mass is 424 g/mol. The number of aromatic hydroxyl groups is 2. The summed E-state index contributed by atoms with van der Waals surface area (Å²) in [5.74, 6) is -2.70. The van der Waals surface area contributed by atoms with E-state index in [4.69, 9.17) is 0 Å². The Morgan fingerprint density at radius 3 is 2.45 bits per heavy atom. The van der Waals surface area contributed by atoms with Crippen molar-refractivity contribution in [2.24, 2.45) is 5.10 Å². The Morgan fingerprint density at radius 1 is 0.968 bits per heavy atom. The lowest BCUT2D eigenvalue weighted by Crippen LogP contribution is -2.37. The summed E-state index contributed by atoms with van der Waals surface area (Å²) in [6.07, 6.45) is 6.31. The van der Waals surface area contributed by atoms with Crippen molar-refractivity contribution in [3.63, 3.8) is 0 Å². The van der Waals surface area contributed by atoms with Gasteiger partial charge in [0.1, 0.15) is 11.5 Å². The fourth-order valence-corrected chi connectivity index (χ4v) is 3.33. The zero-order valence-electron chi connectivity index (χ0n) is 16.8. The third-order valence-corrected chi connectivity index (χ3v) is 4.95. The maximum Gasteiger partial charge on any atom is 0.329 e. The Morgan fingerprint density at radius 2 is 1.71 bits per heavy atom. The fraction of sp³-hybridized carbons (Fsp3) is 0.273. The van der Waals surface area contributed by atoms with Crippen molar-refractivity contribution in [2.45, 2.75) is 38.1 Å². The molecule has 162 valence electrons. The summed E-state index contributed by atoms with van der Waals surface area (Å²) < 4.78 is 0. The van der Waals surface area contributed by atoms with Crippen molar-refractivity contribution in [2.75, 3.05) is 5.32 Å². The Hall–Kier alpha value is -3.88. The molecular formula is C22H24N4O5. The minimum Gasteiger partial charge on any atom is -0.508 e. The van der Waals surface area contributed by atoms with Crippen LogP contribution in [-0.2, 0) is 9.59 Å². The largest absolute Gasteiger partial charge is 0.508 e. The van der Waals surface area contributed by atoms with Crippen molar-refractivity contribution in [3.8, 4) is 11.5 Å². The second kappa shape index (κ2) is 10.2. The predicted octanol–water partition coefficient (Wildman–Crippen LogP) is 2.25. The van der Waals surface area contributed by atoms with Crippen LogP contribution in [0.5, 0.6) is 11.5 Å². The summed E-state index contributed by atoms with van der Waals surface area (Å²) in [5.41, 5.74) is 2.78. The molecule has 1 saturated carbocycles. The average Bonchev–Trinajstić information content (AvgIpc) is 2.76. The molecule has 5 N–H and O–H groups in total. The van der Waals surface area contributed by atoms with Gasteiger partial charge in [0.2, 0.25) is 0 Å². The summed E-state index contributed by atoms with van der Waals surface area (Å²) in [7, 11) is 0. The molecule has 0 spiro atoms. The molecular weight excluding hydrogens is 400 g/mol. The van der Waals surface area contributed by atoms with Gasteiger partial charge in [0.15, 0.2) is 0 Å². The van der Waals surface area contributed by atoms with Gasteiger partial charge in [-0.15, -0.1) is 0 Å². The lowest BCUT2D eigenvalue weighted by molar-refractivity contribution is -0.136. The number of hydrogen-bond donors (Lipinski definition) is 5. The summed E-state index contributed by atoms with van der Waals surface area (Å²) in [5, 5.41) is 28.0. The SMILES string of the molecule is O=C(N/N=C/c1ccc(O)cc1O)C(=O)Nc1ccccc1C(=O)NC1CCCCC1. The van der Waals surface area contributed by atoms with E-state index >= 15 is 0 Å². The first-order valence-corrected chi connectivity index (χ1v) is 10.0. The van der Waals surface area contributed by atoms with E-state index in [0.29, 0.717) is 0 Å². The number of hydrogen-bond acceptors (Lipinski definition) is 6. The smallest absolute Gasteiger partial charge is 0.329 e. The molecule has 0 heterocycles. The quantitative estimate of drug-likeness (QED) is 0.284. The number of rotatable bonds is 5. The Labute approximate surface area is 179 Å². The first kappa shape index (κ1) is 21.8. The summed E-state index contributed by atoms with van der Waals surface area (Å²) in [4.78, 5) is 36.9. The van der Waals surface area contributed by atoms with Crippen LogP contribution in [0.2, 0.25) is 0 Å². The van der Waals surface area contributed by atoms with Crippen LogP contribution in [0.1, 0.15) is 48.0 Å². The number of para-hydroxylation sites is 1. The predicted molar refractivity (Wildman–Crippen MR) is 115 cm³/mol. The Bertz CT molecular complexity index is 999. The summed E-state index contributed by atoms with van der Waals surface area (Å²) >= 11 is 0. The van der Waals surface area contributed by atoms with Crippen LogP contribution in [0.3, 0.4) is 0 Å². The fourth-order valence-electron chi connectivity index (χ4n) is 3.33. The Balaban J connectivity index is 1.60. The standard InChI is InChI=1S/C22H24N4O5/c27-16-11-10-14(19(28)12-16)13-23-26-22(31)21(30)25-18-9-5-4-8-17(18)20(29)24-15-6-2-1-3-7-15/h4-5,8-13,15,27-28H,1-3,6-7H2,(H,24,29)(H,25,30)(H,26,31)/b23-13+. The molecule has 0 aliphatic heterocycles. The second-order valence-corrected chi connectivity index (χ2v) is 7.25. The van der Waals surface area contributed by atoms with Crippen molar-refractivity contribution in [1.29, 1.82) is 0 Å². The van der Waals surface area contributed by atoms with Crippen molar-refractivity contribution in [1.82, 2.24) is 10.7 Å². The van der Waals surface area contributed by atoms with Crippen LogP contribution in [0.4, 0.5) is 5.69 Å². The molecule has 0 saturated heterocycles. The van der Waals surface area contributed by atoms with Crippen LogP contribution in [0, 0.1) is 0 Å². The van der Waals surface area contributed by atoms with Gasteiger partial charge in [0.05, 0.1) is 17.5 Å². The minimum absolute atomic E-state index is 0.110. The number of hydrazone groups is 1. The van der Waals surface area contributed by atoms with E-state index in [9.17, 15) is 24.6 Å². The third-order valence-electron chi connectivity index (χ3n) is 4.95. The molecule has 0 unspecified atom stereocenters. The molecule has 0 atom stereocenters. The zero-order chi connectivity index (χ0) is 22.2. The molecule has 2 aromatic rings. The maximum absolute atomic E-state index is 12.6. The number of nitrogens with zero attached hydrogens (tertiary/aromatic N) is 1. The van der Waals surface area contributed by atoms with Gasteiger partial charge in [0.25, 0.3) is 5.91 Å². The highest BCUT2D eigenvalue weighted by Crippen LogP contribution is 2.21. The van der Waals surface area contributed by atoms with Crippen LogP contribution in [-0.4, -0.2) is 40.2 Å².